The van der Waals surface area contributed by atoms with Crippen LogP contribution in [0.2, 0.25) is 0 Å². The highest BCUT2D eigenvalue weighted by molar-refractivity contribution is 5.40. The lowest BCUT2D eigenvalue weighted by Crippen LogP contribution is -2.45. The minimum Gasteiger partial charge on any atom is -0.393 e. The van der Waals surface area contributed by atoms with Crippen molar-refractivity contribution in [2.45, 2.75) is 70.9 Å². The standard InChI is InChI=1S/C19H32N4O/c1-3-5-18-20-15(2)14-19(21-18)23-11-7-16(8-12-23)22-10-4-6-17(24)9-13-22/h14,16-17,24H,3-13H2,1-2H3. The normalized spacial score (nSPS) is 24.1. The number of likely N-dealkylation sites (tertiary alicyclic amines) is 1. The number of aryl methyl sites for hydroxylation is 2. The van der Waals surface area contributed by atoms with Crippen LogP contribution < -0.4 is 4.90 Å². The Morgan fingerprint density at radius 1 is 1.08 bits per heavy atom. The van der Waals surface area contributed by atoms with Crippen LogP contribution >= 0.6 is 0 Å². The van der Waals surface area contributed by atoms with E-state index in [1.807, 2.05) is 0 Å². The van der Waals surface area contributed by atoms with Crippen LogP contribution in [0.25, 0.3) is 0 Å². The van der Waals surface area contributed by atoms with Gasteiger partial charge in [-0.3, -0.25) is 0 Å². The van der Waals surface area contributed by atoms with E-state index < -0.39 is 0 Å². The lowest BCUT2D eigenvalue weighted by molar-refractivity contribution is 0.140. The van der Waals surface area contributed by atoms with Crippen LogP contribution in [0.15, 0.2) is 6.07 Å². The van der Waals surface area contributed by atoms with Gasteiger partial charge in [-0.05, 0) is 52.0 Å². The quantitative estimate of drug-likeness (QED) is 0.918. The van der Waals surface area contributed by atoms with Gasteiger partial charge < -0.3 is 14.9 Å². The fourth-order valence-electron chi connectivity index (χ4n) is 4.04. The number of piperidine rings is 1. The van der Waals surface area contributed by atoms with Gasteiger partial charge in [-0.25, -0.2) is 9.97 Å². The molecule has 0 saturated carbocycles. The molecule has 1 aromatic rings. The molecule has 2 aliphatic rings. The first kappa shape index (κ1) is 17.6. The highest BCUT2D eigenvalue weighted by Crippen LogP contribution is 2.24. The lowest BCUT2D eigenvalue weighted by atomic mass is 10.0. The zero-order valence-corrected chi connectivity index (χ0v) is 15.2. The zero-order chi connectivity index (χ0) is 16.9. The topological polar surface area (TPSA) is 52.5 Å². The molecule has 0 spiro atoms. The number of anilines is 1. The number of rotatable bonds is 4. The van der Waals surface area contributed by atoms with E-state index in [0.717, 1.165) is 75.6 Å². The molecule has 1 aromatic heterocycles. The maximum absolute atomic E-state index is 9.84. The van der Waals surface area contributed by atoms with Crippen LogP contribution in [0.4, 0.5) is 5.82 Å². The molecular formula is C19H32N4O. The molecule has 2 fully saturated rings. The van der Waals surface area contributed by atoms with Gasteiger partial charge >= 0.3 is 0 Å². The van der Waals surface area contributed by atoms with Crippen molar-refractivity contribution in [1.29, 1.82) is 0 Å². The van der Waals surface area contributed by atoms with E-state index in [-0.39, 0.29) is 6.10 Å². The molecular weight excluding hydrogens is 300 g/mol. The van der Waals surface area contributed by atoms with Crippen LogP contribution in [0.1, 0.15) is 57.0 Å². The van der Waals surface area contributed by atoms with Gasteiger partial charge in [0.15, 0.2) is 0 Å². The highest BCUT2D eigenvalue weighted by atomic mass is 16.3. The summed E-state index contributed by atoms with van der Waals surface area (Å²) in [7, 11) is 0. The zero-order valence-electron chi connectivity index (χ0n) is 15.2. The summed E-state index contributed by atoms with van der Waals surface area (Å²) in [6, 6.07) is 2.80. The Labute approximate surface area is 146 Å². The van der Waals surface area contributed by atoms with Gasteiger partial charge in [0.2, 0.25) is 0 Å². The average molecular weight is 332 g/mol. The fraction of sp³-hybridized carbons (Fsp3) is 0.789. The molecule has 1 atom stereocenters. The number of hydrogen-bond donors (Lipinski definition) is 1. The van der Waals surface area contributed by atoms with Crippen molar-refractivity contribution in [2.24, 2.45) is 0 Å². The largest absolute Gasteiger partial charge is 0.393 e. The van der Waals surface area contributed by atoms with Crippen molar-refractivity contribution in [1.82, 2.24) is 14.9 Å². The van der Waals surface area contributed by atoms with Gasteiger partial charge in [0.05, 0.1) is 6.10 Å². The van der Waals surface area contributed by atoms with Gasteiger partial charge in [0.1, 0.15) is 11.6 Å². The van der Waals surface area contributed by atoms with Crippen molar-refractivity contribution < 1.29 is 5.11 Å². The highest BCUT2D eigenvalue weighted by Gasteiger charge is 2.27. The number of aromatic nitrogens is 2. The predicted octanol–water partition coefficient (Wildman–Crippen LogP) is 2.55. The molecule has 5 heteroatoms. The molecule has 3 heterocycles. The Kier molecular flexibility index (Phi) is 6.06. The summed E-state index contributed by atoms with van der Waals surface area (Å²) in [4.78, 5) is 14.4. The molecule has 0 aliphatic carbocycles. The van der Waals surface area contributed by atoms with Crippen LogP contribution in [0, 0.1) is 6.92 Å². The van der Waals surface area contributed by atoms with E-state index >= 15 is 0 Å². The monoisotopic (exact) mass is 332 g/mol. The van der Waals surface area contributed by atoms with Crippen LogP contribution in [-0.4, -0.2) is 58.3 Å². The molecule has 0 amide bonds. The molecule has 134 valence electrons. The third kappa shape index (κ3) is 4.45. The second-order valence-corrected chi connectivity index (χ2v) is 7.37. The van der Waals surface area contributed by atoms with Gasteiger partial charge in [0.25, 0.3) is 0 Å². The summed E-state index contributed by atoms with van der Waals surface area (Å²) in [6.07, 6.45) is 7.39. The summed E-state index contributed by atoms with van der Waals surface area (Å²) in [6.45, 7) is 8.60. The van der Waals surface area contributed by atoms with Crippen molar-refractivity contribution in [2.75, 3.05) is 31.1 Å². The van der Waals surface area contributed by atoms with Gasteiger partial charge in [-0.2, -0.15) is 0 Å². The molecule has 2 saturated heterocycles. The van der Waals surface area contributed by atoms with Crippen LogP contribution in [0.5, 0.6) is 0 Å². The van der Waals surface area contributed by atoms with Gasteiger partial charge in [-0.1, -0.05) is 6.92 Å². The Hall–Kier alpha value is -1.20. The maximum Gasteiger partial charge on any atom is 0.132 e. The molecule has 24 heavy (non-hydrogen) atoms. The number of aliphatic hydroxyl groups is 1. The first-order valence-electron chi connectivity index (χ1n) is 9.67. The molecule has 5 nitrogen and oxygen atoms in total. The van der Waals surface area contributed by atoms with Gasteiger partial charge in [-0.15, -0.1) is 0 Å². The number of nitrogens with zero attached hydrogens (tertiary/aromatic N) is 4. The molecule has 1 unspecified atom stereocenters. The van der Waals surface area contributed by atoms with E-state index in [2.05, 4.69) is 34.7 Å². The molecule has 2 aliphatic heterocycles. The van der Waals surface area contributed by atoms with Gasteiger partial charge in [0, 0.05) is 43.9 Å². The van der Waals surface area contributed by atoms with Crippen molar-refractivity contribution in [3.05, 3.63) is 17.6 Å². The third-order valence-electron chi connectivity index (χ3n) is 5.40. The van der Waals surface area contributed by atoms with Crippen molar-refractivity contribution in [3.63, 3.8) is 0 Å². The SMILES string of the molecule is CCCc1nc(C)cc(N2CCC(N3CCCC(O)CC3)CC2)n1. The Balaban J connectivity index is 1.58. The summed E-state index contributed by atoms with van der Waals surface area (Å²) in [5, 5.41) is 9.84. The van der Waals surface area contributed by atoms with E-state index in [9.17, 15) is 5.11 Å². The number of hydrogen-bond acceptors (Lipinski definition) is 5. The second-order valence-electron chi connectivity index (χ2n) is 7.37. The number of aliphatic hydroxyl groups excluding tert-OH is 1. The van der Waals surface area contributed by atoms with Crippen LogP contribution in [-0.2, 0) is 6.42 Å². The maximum atomic E-state index is 9.84. The molecule has 0 aromatic carbocycles. The van der Waals surface area contributed by atoms with E-state index in [1.54, 1.807) is 0 Å². The lowest BCUT2D eigenvalue weighted by Gasteiger charge is -2.38. The van der Waals surface area contributed by atoms with E-state index in [0.29, 0.717) is 6.04 Å². The summed E-state index contributed by atoms with van der Waals surface area (Å²) in [5.41, 5.74) is 1.08. The van der Waals surface area contributed by atoms with Crippen LogP contribution in [0.3, 0.4) is 0 Å². The Morgan fingerprint density at radius 2 is 1.88 bits per heavy atom. The molecule has 0 bridgehead atoms. The minimum atomic E-state index is -0.0870. The average Bonchev–Trinajstić information content (AvgIpc) is 2.79. The molecule has 3 rings (SSSR count). The smallest absolute Gasteiger partial charge is 0.132 e. The summed E-state index contributed by atoms with van der Waals surface area (Å²) < 4.78 is 0. The minimum absolute atomic E-state index is 0.0870. The van der Waals surface area contributed by atoms with Crippen molar-refractivity contribution in [3.8, 4) is 0 Å². The predicted molar refractivity (Wildman–Crippen MR) is 97.4 cm³/mol. The van der Waals surface area contributed by atoms with Crippen molar-refractivity contribution >= 4 is 5.82 Å². The summed E-state index contributed by atoms with van der Waals surface area (Å²) >= 11 is 0. The summed E-state index contributed by atoms with van der Waals surface area (Å²) in [5.74, 6) is 2.09. The second kappa shape index (κ2) is 8.26. The Bertz CT molecular complexity index is 528. The third-order valence-corrected chi connectivity index (χ3v) is 5.40. The van der Waals surface area contributed by atoms with E-state index in [4.69, 9.17) is 4.98 Å². The Morgan fingerprint density at radius 3 is 2.62 bits per heavy atom. The fourth-order valence-corrected chi connectivity index (χ4v) is 4.04. The first-order chi connectivity index (χ1) is 11.7. The molecule has 1 N–H and O–H groups in total. The first-order valence-corrected chi connectivity index (χ1v) is 9.67. The molecule has 0 radical (unpaired) electrons. The van der Waals surface area contributed by atoms with E-state index in [1.165, 1.54) is 12.8 Å².